The van der Waals surface area contributed by atoms with Crippen LogP contribution < -0.4 is 0 Å². The fourth-order valence-corrected chi connectivity index (χ4v) is 13.3. The van der Waals surface area contributed by atoms with Gasteiger partial charge in [0.1, 0.15) is 55.9 Å². The van der Waals surface area contributed by atoms with Gasteiger partial charge in [-0.2, -0.15) is 0 Å². The van der Waals surface area contributed by atoms with Crippen LogP contribution in [-0.4, -0.2) is 205 Å². The minimum Gasteiger partial charge on any atom is -0.459 e. The first kappa shape index (κ1) is 80.8. The van der Waals surface area contributed by atoms with Crippen LogP contribution >= 0.6 is 0 Å². The Kier molecular flexibility index (Phi) is 26.8. The summed E-state index contributed by atoms with van der Waals surface area (Å²) in [5, 5.41) is 38.4. The lowest BCUT2D eigenvalue weighted by Crippen LogP contribution is -2.68. The van der Waals surface area contributed by atoms with Gasteiger partial charge in [0.15, 0.2) is 67.9 Å². The van der Waals surface area contributed by atoms with E-state index in [9.17, 15) is 48.9 Å². The molecule has 20 atom stereocenters. The van der Waals surface area contributed by atoms with E-state index in [-0.39, 0.29) is 50.1 Å². The van der Waals surface area contributed by atoms with Crippen LogP contribution in [0.1, 0.15) is 107 Å². The third kappa shape index (κ3) is 19.9. The van der Waals surface area contributed by atoms with Crippen molar-refractivity contribution in [3.63, 3.8) is 0 Å². The molecule has 115 heavy (non-hydrogen) atoms. The molecule has 4 aliphatic heterocycles. The van der Waals surface area contributed by atoms with Crippen LogP contribution in [0, 0.1) is 0 Å². The van der Waals surface area contributed by atoms with E-state index in [1.165, 1.54) is 172 Å². The number of ether oxygens (including phenoxy) is 16. The maximum Gasteiger partial charge on any atom is 0.338 e. The topological polar surface area (TPSA) is 362 Å². The van der Waals surface area contributed by atoms with Crippen molar-refractivity contribution >= 4 is 53.7 Å². The van der Waals surface area contributed by atoms with Gasteiger partial charge in [-0.05, 0) is 123 Å². The normalized spacial score (nSPS) is 27.0. The maximum absolute atomic E-state index is 15.1. The molecule has 4 saturated heterocycles. The molecule has 28 nitrogen and oxygen atoms in total. The van der Waals surface area contributed by atoms with Crippen LogP contribution in [0.3, 0.4) is 0 Å². The lowest BCUT2D eigenvalue weighted by atomic mass is 9.95. The van der Waals surface area contributed by atoms with Crippen molar-refractivity contribution in [2.75, 3.05) is 13.2 Å². The molecule has 0 aromatic heterocycles. The summed E-state index contributed by atoms with van der Waals surface area (Å²) in [7, 11) is 0. The van der Waals surface area contributed by atoms with Crippen molar-refractivity contribution in [3.8, 4) is 0 Å². The van der Waals surface area contributed by atoms with Crippen molar-refractivity contribution in [1.29, 1.82) is 0 Å². The van der Waals surface area contributed by atoms with Gasteiger partial charge in [-0.3, -0.25) is 0 Å². The van der Waals surface area contributed by atoms with Gasteiger partial charge < -0.3 is 91.1 Å². The number of hydrogen-bond donors (Lipinski definition) is 3. The Bertz CT molecular complexity index is 4750. The molecule has 4 aliphatic rings. The fourth-order valence-electron chi connectivity index (χ4n) is 13.3. The average molecular weight is 1570 g/mol. The predicted octanol–water partition coefficient (Wildman–Crippen LogP) is 9.09. The molecule has 0 spiro atoms. The molecule has 28 heteroatoms. The lowest BCUT2D eigenvalue weighted by molar-refractivity contribution is -0.383. The van der Waals surface area contributed by atoms with Gasteiger partial charge in [-0.15, -0.1) is 0 Å². The van der Waals surface area contributed by atoms with Crippen molar-refractivity contribution in [2.45, 2.75) is 137 Å². The number of rotatable bonds is 26. The highest BCUT2D eigenvalue weighted by Gasteiger charge is 2.60. The highest BCUT2D eigenvalue weighted by Crippen LogP contribution is 2.40. The van der Waals surface area contributed by atoms with Crippen LogP contribution in [0.5, 0.6) is 0 Å². The van der Waals surface area contributed by atoms with E-state index in [0.717, 1.165) is 0 Å². The van der Waals surface area contributed by atoms with Crippen LogP contribution in [0.2, 0.25) is 0 Å². The molecule has 594 valence electrons. The third-order valence-corrected chi connectivity index (χ3v) is 19.1. The predicted molar refractivity (Wildman–Crippen MR) is 398 cm³/mol. The SMILES string of the molecule is C[C@@H]1O[C@@H](O[C@H]2[C@H](OC(=O)c3ccccc3)[C@H](OC(=O)c3ccccc3)[C@@H](O[C@H]3[C@@H](O)[C@H](O[C@H]4[C@H](OC(=O)c5ccccc5)[C@H](OC(=O)c5ccccc5)[C@@H](O)O[C@@H]4COC(=O)c4ccccc4)O[C@@H](C)[C@@H]3OC(=O)c3ccccc3)O[C@@H]2COC(=O)c2ccccc2)[C@H](O)[C@H](OC(=O)c2ccccc2)[C@H]1OC(=O)c1ccccc1. The molecule has 9 aromatic carbocycles. The summed E-state index contributed by atoms with van der Waals surface area (Å²) >= 11 is 0. The van der Waals surface area contributed by atoms with E-state index in [2.05, 4.69) is 0 Å². The summed E-state index contributed by atoms with van der Waals surface area (Å²) in [6.45, 7) is 1.06. The zero-order valence-corrected chi connectivity index (χ0v) is 61.5. The van der Waals surface area contributed by atoms with Crippen molar-refractivity contribution in [1.82, 2.24) is 0 Å². The van der Waals surface area contributed by atoms with Crippen LogP contribution in [0.15, 0.2) is 273 Å². The van der Waals surface area contributed by atoms with Crippen molar-refractivity contribution in [2.24, 2.45) is 0 Å². The molecule has 0 unspecified atom stereocenters. The fraction of sp³-hybridized carbons (Fsp3) is 0.276. The van der Waals surface area contributed by atoms with Crippen LogP contribution in [0.4, 0.5) is 0 Å². The Labute approximate surface area is 658 Å². The van der Waals surface area contributed by atoms with E-state index < -0.39 is 190 Å². The Morgan fingerprint density at radius 1 is 0.243 bits per heavy atom. The van der Waals surface area contributed by atoms with Gasteiger partial charge in [0, 0.05) is 0 Å². The standard InChI is InChI=1S/C87H78O28/c1-50-65(106-77(92)54-34-16-5-17-35-54)69(108-79(94)56-38-20-7-21-39-56)63(88)85(102-50)114-68-62(49-101-76(91)53-32-14-4-15-33-53)105-87(74(112-83(98)60-46-28-11-29-47-60)72(68)110-81(96)58-42-24-9-25-43-58)115-70-64(89)86(103-51(2)66(70)107-78(93)55-36-18-6-19-37-55)113-67-61(48-100-75(90)52-30-12-3-13-31-52)104-84(99)73(111-82(97)59-44-26-10-27-45-59)71(67)109-80(95)57-40-22-8-23-41-57/h3-47,50-51,61-74,84-89,99H,48-49H2,1-2H3/t50-,51-,61+,62+,63+,64+,65-,66-,67+,68+,69-,70-,71-,72-,73-,74-,84-,85-,86-,87+/m0/s1. The number of benzene rings is 9. The molecular weight excluding hydrogens is 1490 g/mol. The summed E-state index contributed by atoms with van der Waals surface area (Å²) in [5.74, 6) is -9.21. The summed E-state index contributed by atoms with van der Waals surface area (Å²) in [6, 6.07) is 68.2. The Hall–Kier alpha value is -12.2. The molecule has 0 bridgehead atoms. The number of aliphatic hydroxyl groups excluding tert-OH is 3. The molecule has 9 aromatic rings. The molecule has 0 radical (unpaired) electrons. The largest absolute Gasteiger partial charge is 0.459 e. The third-order valence-electron chi connectivity index (χ3n) is 19.1. The van der Waals surface area contributed by atoms with Gasteiger partial charge >= 0.3 is 53.7 Å². The smallest absolute Gasteiger partial charge is 0.338 e. The number of hydrogen-bond acceptors (Lipinski definition) is 28. The van der Waals surface area contributed by atoms with Gasteiger partial charge in [0.25, 0.3) is 0 Å². The summed E-state index contributed by atoms with van der Waals surface area (Å²) in [4.78, 5) is 130. The van der Waals surface area contributed by atoms with E-state index in [1.807, 2.05) is 0 Å². The van der Waals surface area contributed by atoms with Gasteiger partial charge in [-0.25, -0.2) is 43.2 Å². The summed E-state index contributed by atoms with van der Waals surface area (Å²) in [5.41, 5.74) is -0.154. The van der Waals surface area contributed by atoms with Crippen LogP contribution in [-0.2, 0) is 75.8 Å². The van der Waals surface area contributed by atoms with E-state index in [1.54, 1.807) is 115 Å². The second-order valence-corrected chi connectivity index (χ2v) is 26.9. The Morgan fingerprint density at radius 3 is 0.783 bits per heavy atom. The maximum atomic E-state index is 15.1. The minimum absolute atomic E-state index is 0.0132. The van der Waals surface area contributed by atoms with E-state index in [4.69, 9.17) is 75.8 Å². The Morgan fingerprint density at radius 2 is 0.470 bits per heavy atom. The molecule has 0 aliphatic carbocycles. The molecule has 0 amide bonds. The average Bonchev–Trinajstić information content (AvgIpc) is 0.758. The van der Waals surface area contributed by atoms with Gasteiger partial charge in [0.05, 0.1) is 62.3 Å². The highest BCUT2D eigenvalue weighted by atomic mass is 16.8. The van der Waals surface area contributed by atoms with Crippen molar-refractivity contribution in [3.05, 3.63) is 323 Å². The second kappa shape index (κ2) is 38.1. The molecular formula is C87H78O28. The first-order valence-electron chi connectivity index (χ1n) is 36.7. The molecule has 4 heterocycles. The number of carbonyl (C=O) groups excluding carboxylic acids is 9. The molecule has 3 N–H and O–H groups in total. The van der Waals surface area contributed by atoms with Gasteiger partial charge in [0.2, 0.25) is 0 Å². The number of carbonyl (C=O) groups is 9. The Balaban J connectivity index is 0.927. The minimum atomic E-state index is -2.37. The number of aliphatic hydroxyl groups is 3. The zero-order valence-electron chi connectivity index (χ0n) is 61.5. The highest BCUT2D eigenvalue weighted by molar-refractivity contribution is 5.94. The number of esters is 9. The zero-order chi connectivity index (χ0) is 80.5. The molecule has 0 saturated carbocycles. The van der Waals surface area contributed by atoms with Crippen LogP contribution in [0.25, 0.3) is 0 Å². The van der Waals surface area contributed by atoms with Gasteiger partial charge in [-0.1, -0.05) is 164 Å². The monoisotopic (exact) mass is 1570 g/mol. The second-order valence-electron chi connectivity index (χ2n) is 26.9. The quantitative estimate of drug-likeness (QED) is 0.0336. The van der Waals surface area contributed by atoms with Crippen molar-refractivity contribution < 1.29 is 134 Å². The van der Waals surface area contributed by atoms with E-state index >= 15 is 9.59 Å². The first-order chi connectivity index (χ1) is 55.8. The summed E-state index contributed by atoms with van der Waals surface area (Å²) in [6.07, 6.45) is -39.6. The van der Waals surface area contributed by atoms with E-state index in [0.29, 0.717) is 0 Å². The summed E-state index contributed by atoms with van der Waals surface area (Å²) < 4.78 is 102. The first-order valence-corrected chi connectivity index (χ1v) is 36.7. The lowest BCUT2D eigenvalue weighted by Gasteiger charge is -2.50. The molecule has 13 rings (SSSR count). The molecule has 4 fully saturated rings.